The van der Waals surface area contributed by atoms with Gasteiger partial charge in [-0.2, -0.15) is 11.8 Å². The summed E-state index contributed by atoms with van der Waals surface area (Å²) in [6.45, 7) is 4.28. The third-order valence-corrected chi connectivity index (χ3v) is 2.93. The Kier molecular flexibility index (Phi) is 5.20. The number of hydrazine groups is 1. The maximum absolute atomic E-state index is 5.26. The van der Waals surface area contributed by atoms with Gasteiger partial charge in [0.1, 0.15) is 18.0 Å². The van der Waals surface area contributed by atoms with Crippen LogP contribution >= 0.6 is 11.8 Å². The third-order valence-electron chi connectivity index (χ3n) is 1.78. The number of nitrogens with two attached hydrogens (primary N) is 1. The lowest BCUT2D eigenvalue weighted by molar-refractivity contribution is 0.898. The molecule has 1 unspecified atom stereocenters. The largest absolute Gasteiger partial charge is 0.367 e. The molecule has 0 spiro atoms. The van der Waals surface area contributed by atoms with E-state index in [1.54, 1.807) is 6.07 Å². The Labute approximate surface area is 94.2 Å². The molecule has 0 saturated heterocycles. The number of aromatic nitrogens is 2. The lowest BCUT2D eigenvalue weighted by Gasteiger charge is -2.13. The van der Waals surface area contributed by atoms with E-state index < -0.39 is 0 Å². The van der Waals surface area contributed by atoms with Crippen LogP contribution in [0.15, 0.2) is 12.4 Å². The molecule has 0 saturated carbocycles. The van der Waals surface area contributed by atoms with Gasteiger partial charge in [-0.05, 0) is 12.7 Å². The zero-order valence-corrected chi connectivity index (χ0v) is 9.84. The zero-order chi connectivity index (χ0) is 11.1. The lowest BCUT2D eigenvalue weighted by atomic mass is 10.4. The van der Waals surface area contributed by atoms with E-state index in [9.17, 15) is 0 Å². The van der Waals surface area contributed by atoms with Gasteiger partial charge in [0.15, 0.2) is 0 Å². The number of nitrogen functional groups attached to an aromatic ring is 1. The SMILES string of the molecule is CCSCC(C)Nc1cc(NN)ncn1. The highest BCUT2D eigenvalue weighted by atomic mass is 32.2. The van der Waals surface area contributed by atoms with Crippen LogP contribution in [0.25, 0.3) is 0 Å². The Balaban J connectivity index is 2.48. The first-order chi connectivity index (χ1) is 7.26. The van der Waals surface area contributed by atoms with E-state index in [1.807, 2.05) is 11.8 Å². The maximum Gasteiger partial charge on any atom is 0.145 e. The molecule has 15 heavy (non-hydrogen) atoms. The molecule has 4 N–H and O–H groups in total. The van der Waals surface area contributed by atoms with Crippen molar-refractivity contribution in [2.24, 2.45) is 5.84 Å². The number of hydrogen-bond acceptors (Lipinski definition) is 6. The first kappa shape index (κ1) is 12.1. The Morgan fingerprint density at radius 3 is 2.87 bits per heavy atom. The minimum atomic E-state index is 0.385. The predicted octanol–water partition coefficient (Wildman–Crippen LogP) is 1.32. The number of hydrogen-bond donors (Lipinski definition) is 3. The van der Waals surface area contributed by atoms with Gasteiger partial charge in [-0.3, -0.25) is 0 Å². The van der Waals surface area contributed by atoms with Crippen LogP contribution in [0.1, 0.15) is 13.8 Å². The van der Waals surface area contributed by atoms with Crippen molar-refractivity contribution >= 4 is 23.4 Å². The highest BCUT2D eigenvalue weighted by molar-refractivity contribution is 7.99. The molecule has 1 aromatic rings. The maximum atomic E-state index is 5.26. The number of nitrogens with one attached hydrogen (secondary N) is 2. The minimum absolute atomic E-state index is 0.385. The summed E-state index contributed by atoms with van der Waals surface area (Å²) in [7, 11) is 0. The first-order valence-corrected chi connectivity index (χ1v) is 6.04. The number of rotatable bonds is 6. The average Bonchev–Trinajstić information content (AvgIpc) is 2.26. The highest BCUT2D eigenvalue weighted by Gasteiger charge is 2.03. The van der Waals surface area contributed by atoms with Crippen LogP contribution in [0.5, 0.6) is 0 Å². The second-order valence-electron chi connectivity index (χ2n) is 3.14. The minimum Gasteiger partial charge on any atom is -0.367 e. The van der Waals surface area contributed by atoms with Gasteiger partial charge in [-0.25, -0.2) is 15.8 Å². The Bertz CT molecular complexity index is 294. The molecule has 6 heteroatoms. The van der Waals surface area contributed by atoms with Crippen LogP contribution in [0, 0.1) is 0 Å². The van der Waals surface area contributed by atoms with Crippen molar-refractivity contribution in [1.82, 2.24) is 9.97 Å². The standard InChI is InChI=1S/C9H17N5S/c1-3-15-5-7(2)13-8-4-9(14-10)12-6-11-8/h4,6-7H,3,5,10H2,1-2H3,(H2,11,12,13,14). The summed E-state index contributed by atoms with van der Waals surface area (Å²) in [4.78, 5) is 8.04. The van der Waals surface area contributed by atoms with Crippen LogP contribution in [-0.4, -0.2) is 27.5 Å². The molecule has 0 aromatic carbocycles. The summed E-state index contributed by atoms with van der Waals surface area (Å²) in [5, 5.41) is 3.28. The molecule has 0 amide bonds. The monoisotopic (exact) mass is 227 g/mol. The second-order valence-corrected chi connectivity index (χ2v) is 4.46. The van der Waals surface area contributed by atoms with Gasteiger partial charge in [0.05, 0.1) is 0 Å². The number of thioether (sulfide) groups is 1. The van der Waals surface area contributed by atoms with Crippen molar-refractivity contribution in [3.8, 4) is 0 Å². The van der Waals surface area contributed by atoms with E-state index >= 15 is 0 Å². The fourth-order valence-electron chi connectivity index (χ4n) is 1.10. The topological polar surface area (TPSA) is 75.9 Å². The fourth-order valence-corrected chi connectivity index (χ4v) is 1.78. The van der Waals surface area contributed by atoms with Crippen molar-refractivity contribution in [3.63, 3.8) is 0 Å². The van der Waals surface area contributed by atoms with E-state index in [-0.39, 0.29) is 0 Å². The molecule has 0 aliphatic rings. The average molecular weight is 227 g/mol. The van der Waals surface area contributed by atoms with Gasteiger partial charge in [0, 0.05) is 17.9 Å². The molecular weight excluding hydrogens is 210 g/mol. The summed E-state index contributed by atoms with van der Waals surface area (Å²) in [5.41, 5.74) is 2.49. The molecule has 84 valence electrons. The van der Waals surface area contributed by atoms with Crippen LogP contribution < -0.4 is 16.6 Å². The summed E-state index contributed by atoms with van der Waals surface area (Å²) >= 11 is 1.90. The van der Waals surface area contributed by atoms with E-state index in [1.165, 1.54) is 6.33 Å². The Morgan fingerprint density at radius 2 is 2.20 bits per heavy atom. The summed E-state index contributed by atoms with van der Waals surface area (Å²) in [6.07, 6.45) is 1.48. The molecule has 1 atom stereocenters. The van der Waals surface area contributed by atoms with Crippen LogP contribution in [0.4, 0.5) is 11.6 Å². The summed E-state index contributed by atoms with van der Waals surface area (Å²) < 4.78 is 0. The molecule has 0 aliphatic carbocycles. The van der Waals surface area contributed by atoms with Crippen molar-refractivity contribution in [2.75, 3.05) is 22.2 Å². The van der Waals surface area contributed by atoms with Crippen molar-refractivity contribution in [2.45, 2.75) is 19.9 Å². The molecule has 0 fully saturated rings. The van der Waals surface area contributed by atoms with Crippen molar-refractivity contribution in [1.29, 1.82) is 0 Å². The van der Waals surface area contributed by atoms with E-state index in [4.69, 9.17) is 5.84 Å². The predicted molar refractivity (Wildman–Crippen MR) is 65.9 cm³/mol. The number of anilines is 2. The van der Waals surface area contributed by atoms with Crippen molar-refractivity contribution < 1.29 is 0 Å². The van der Waals surface area contributed by atoms with E-state index in [0.717, 1.165) is 17.3 Å². The zero-order valence-electron chi connectivity index (χ0n) is 9.03. The highest BCUT2D eigenvalue weighted by Crippen LogP contribution is 2.10. The smallest absolute Gasteiger partial charge is 0.145 e. The van der Waals surface area contributed by atoms with Crippen LogP contribution in [0.2, 0.25) is 0 Å². The second kappa shape index (κ2) is 6.47. The van der Waals surface area contributed by atoms with E-state index in [0.29, 0.717) is 11.9 Å². The Morgan fingerprint density at radius 1 is 1.47 bits per heavy atom. The Hall–Kier alpha value is -1.01. The normalized spacial score (nSPS) is 12.2. The lowest BCUT2D eigenvalue weighted by Crippen LogP contribution is -2.19. The molecule has 5 nitrogen and oxygen atoms in total. The van der Waals surface area contributed by atoms with Crippen LogP contribution in [-0.2, 0) is 0 Å². The molecule has 1 heterocycles. The van der Waals surface area contributed by atoms with Gasteiger partial charge in [-0.15, -0.1) is 0 Å². The third kappa shape index (κ3) is 4.35. The quantitative estimate of drug-likeness (QED) is 0.502. The van der Waals surface area contributed by atoms with Crippen LogP contribution in [0.3, 0.4) is 0 Å². The summed E-state index contributed by atoms with van der Waals surface area (Å²) in [5.74, 6) is 8.86. The van der Waals surface area contributed by atoms with Gasteiger partial charge in [0.25, 0.3) is 0 Å². The van der Waals surface area contributed by atoms with E-state index in [2.05, 4.69) is 34.6 Å². The number of nitrogens with zero attached hydrogens (tertiary/aromatic N) is 2. The molecule has 1 rings (SSSR count). The molecule has 0 bridgehead atoms. The van der Waals surface area contributed by atoms with Gasteiger partial charge in [-0.1, -0.05) is 6.92 Å². The van der Waals surface area contributed by atoms with Gasteiger partial charge >= 0.3 is 0 Å². The van der Waals surface area contributed by atoms with Gasteiger partial charge in [0.2, 0.25) is 0 Å². The molecule has 0 radical (unpaired) electrons. The van der Waals surface area contributed by atoms with Crippen molar-refractivity contribution in [3.05, 3.63) is 12.4 Å². The molecule has 0 aliphatic heterocycles. The summed E-state index contributed by atoms with van der Waals surface area (Å²) in [6, 6.07) is 2.17. The first-order valence-electron chi connectivity index (χ1n) is 4.89. The molecule has 1 aromatic heterocycles. The van der Waals surface area contributed by atoms with Gasteiger partial charge < -0.3 is 10.7 Å². The molecular formula is C9H17N5S. The fraction of sp³-hybridized carbons (Fsp3) is 0.556.